The predicted octanol–water partition coefficient (Wildman–Crippen LogP) is 2.77. The second-order valence-electron chi connectivity index (χ2n) is 6.02. The quantitative estimate of drug-likeness (QED) is 0.896. The van der Waals surface area contributed by atoms with Crippen LogP contribution in [-0.4, -0.2) is 15.7 Å². The van der Waals surface area contributed by atoms with E-state index >= 15 is 0 Å². The number of hydrogen-bond donors (Lipinski definition) is 1. The molecule has 1 aliphatic rings. The second-order valence-corrected chi connectivity index (χ2v) is 6.93. The van der Waals surface area contributed by atoms with Crippen LogP contribution >= 0.6 is 15.9 Å². The molecule has 0 saturated carbocycles. The number of aromatic nitrogens is 2. The molecule has 2 aromatic rings. The summed E-state index contributed by atoms with van der Waals surface area (Å²) < 4.78 is 2.19. The summed E-state index contributed by atoms with van der Waals surface area (Å²) in [5, 5.41) is 7.15. The highest BCUT2D eigenvalue weighted by molar-refractivity contribution is 9.10. The Morgan fingerprint density at radius 3 is 2.87 bits per heavy atom. The molecule has 0 aliphatic heterocycles. The second kappa shape index (κ2) is 6.66. The smallest absolute Gasteiger partial charge is 0.267 e. The van der Waals surface area contributed by atoms with Crippen LogP contribution in [0.25, 0.3) is 0 Å². The van der Waals surface area contributed by atoms with Crippen molar-refractivity contribution in [3.63, 3.8) is 0 Å². The summed E-state index contributed by atoms with van der Waals surface area (Å²) in [5.41, 5.74) is 2.44. The number of fused-ring (bicyclic) bond motifs is 1. The molecular formula is C17H18BrN3O2. The molecule has 1 atom stereocenters. The summed E-state index contributed by atoms with van der Waals surface area (Å²) in [5.74, 6) is 0.325. The van der Waals surface area contributed by atoms with Crippen LogP contribution < -0.4 is 10.9 Å². The molecule has 1 amide bonds. The first-order valence-electron chi connectivity index (χ1n) is 7.66. The van der Waals surface area contributed by atoms with E-state index < -0.39 is 0 Å². The first-order chi connectivity index (χ1) is 11.0. The maximum absolute atomic E-state index is 12.1. The van der Waals surface area contributed by atoms with Gasteiger partial charge in [0.1, 0.15) is 6.54 Å². The number of nitrogens with one attached hydrogen (secondary N) is 1. The highest BCUT2D eigenvalue weighted by Gasteiger charge is 2.18. The third kappa shape index (κ3) is 3.88. The Hall–Kier alpha value is -1.95. The fourth-order valence-electron chi connectivity index (χ4n) is 2.80. The number of rotatable bonds is 3. The first-order valence-corrected chi connectivity index (χ1v) is 8.46. The molecule has 1 aliphatic carbocycles. The van der Waals surface area contributed by atoms with E-state index in [9.17, 15) is 9.59 Å². The Bertz CT molecular complexity index is 783. The number of carbonyl (C=O) groups is 1. The number of amides is 1. The van der Waals surface area contributed by atoms with E-state index in [4.69, 9.17) is 0 Å². The maximum atomic E-state index is 12.1. The van der Waals surface area contributed by atoms with Gasteiger partial charge in [-0.25, -0.2) is 4.68 Å². The Morgan fingerprint density at radius 1 is 1.39 bits per heavy atom. The normalized spacial score (nSPS) is 16.7. The lowest BCUT2D eigenvalue weighted by atomic mass is 9.88. The summed E-state index contributed by atoms with van der Waals surface area (Å²) in [4.78, 5) is 24.3. The molecule has 0 radical (unpaired) electrons. The van der Waals surface area contributed by atoms with Gasteiger partial charge in [0.2, 0.25) is 5.91 Å². The average molecular weight is 376 g/mol. The lowest BCUT2D eigenvalue weighted by Crippen LogP contribution is -2.32. The van der Waals surface area contributed by atoms with Gasteiger partial charge in [0.05, 0.1) is 5.69 Å². The van der Waals surface area contributed by atoms with Crippen molar-refractivity contribution in [3.8, 4) is 0 Å². The average Bonchev–Trinajstić information content (AvgIpc) is 2.50. The summed E-state index contributed by atoms with van der Waals surface area (Å²) >= 11 is 3.35. The van der Waals surface area contributed by atoms with Crippen LogP contribution in [0.3, 0.4) is 0 Å². The first kappa shape index (κ1) is 15.9. The topological polar surface area (TPSA) is 64.0 Å². The van der Waals surface area contributed by atoms with Gasteiger partial charge in [-0.1, -0.05) is 22.9 Å². The van der Waals surface area contributed by atoms with Gasteiger partial charge in [0, 0.05) is 16.2 Å². The van der Waals surface area contributed by atoms with Gasteiger partial charge in [-0.2, -0.15) is 5.10 Å². The summed E-state index contributed by atoms with van der Waals surface area (Å²) in [6.45, 7) is 2.11. The number of benzene rings is 1. The van der Waals surface area contributed by atoms with Crippen molar-refractivity contribution < 1.29 is 4.79 Å². The highest BCUT2D eigenvalue weighted by atomic mass is 79.9. The van der Waals surface area contributed by atoms with E-state index in [2.05, 4.69) is 33.3 Å². The molecule has 120 valence electrons. The van der Waals surface area contributed by atoms with Crippen LogP contribution in [-0.2, 0) is 24.2 Å². The molecule has 1 heterocycles. The molecule has 0 spiro atoms. The van der Waals surface area contributed by atoms with Crippen molar-refractivity contribution in [2.75, 3.05) is 5.32 Å². The summed E-state index contributed by atoms with van der Waals surface area (Å²) in [6.07, 6.45) is 2.83. The third-order valence-electron chi connectivity index (χ3n) is 4.03. The SMILES string of the molecule is CC1CCc2nn(CC(=O)Nc3ccc(Br)cc3)c(=O)cc2C1. The van der Waals surface area contributed by atoms with Gasteiger partial charge in [-0.3, -0.25) is 9.59 Å². The van der Waals surface area contributed by atoms with Crippen molar-refractivity contribution in [2.45, 2.75) is 32.7 Å². The van der Waals surface area contributed by atoms with Crippen LogP contribution in [0.15, 0.2) is 39.6 Å². The molecule has 0 bridgehead atoms. The van der Waals surface area contributed by atoms with Gasteiger partial charge in [0.15, 0.2) is 0 Å². The molecule has 6 heteroatoms. The Kier molecular flexibility index (Phi) is 4.61. The number of hydrogen-bond acceptors (Lipinski definition) is 3. The molecule has 0 saturated heterocycles. The standard InChI is InChI=1S/C17H18BrN3O2/c1-11-2-7-15-12(8-11)9-17(23)21(20-15)10-16(22)19-14-5-3-13(18)4-6-14/h3-6,9,11H,2,7-8,10H2,1H3,(H,19,22). The monoisotopic (exact) mass is 375 g/mol. The molecule has 1 aromatic heterocycles. The van der Waals surface area contributed by atoms with E-state index in [1.807, 2.05) is 12.1 Å². The van der Waals surface area contributed by atoms with Gasteiger partial charge in [-0.15, -0.1) is 0 Å². The zero-order chi connectivity index (χ0) is 16.4. The minimum Gasteiger partial charge on any atom is -0.324 e. The molecule has 23 heavy (non-hydrogen) atoms. The van der Waals surface area contributed by atoms with Crippen molar-refractivity contribution >= 4 is 27.5 Å². The number of nitrogens with zero attached hydrogens (tertiary/aromatic N) is 2. The molecule has 1 aromatic carbocycles. The fourth-order valence-corrected chi connectivity index (χ4v) is 3.06. The molecule has 1 unspecified atom stereocenters. The molecule has 3 rings (SSSR count). The lowest BCUT2D eigenvalue weighted by molar-refractivity contribution is -0.117. The number of carbonyl (C=O) groups excluding carboxylic acids is 1. The Morgan fingerprint density at radius 2 is 2.13 bits per heavy atom. The fraction of sp³-hybridized carbons (Fsp3) is 0.353. The van der Waals surface area contributed by atoms with Gasteiger partial charge in [0.25, 0.3) is 5.56 Å². The van der Waals surface area contributed by atoms with E-state index in [0.29, 0.717) is 11.6 Å². The molecular weight excluding hydrogens is 358 g/mol. The third-order valence-corrected chi connectivity index (χ3v) is 4.56. The Balaban J connectivity index is 1.73. The molecule has 1 N–H and O–H groups in total. The van der Waals surface area contributed by atoms with E-state index in [-0.39, 0.29) is 18.0 Å². The van der Waals surface area contributed by atoms with Crippen LogP contribution in [0.2, 0.25) is 0 Å². The largest absolute Gasteiger partial charge is 0.324 e. The summed E-state index contributed by atoms with van der Waals surface area (Å²) in [6, 6.07) is 8.92. The van der Waals surface area contributed by atoms with Crippen LogP contribution in [0, 0.1) is 5.92 Å². The summed E-state index contributed by atoms with van der Waals surface area (Å²) in [7, 11) is 0. The zero-order valence-electron chi connectivity index (χ0n) is 12.9. The van der Waals surface area contributed by atoms with Crippen LogP contribution in [0.4, 0.5) is 5.69 Å². The molecule has 0 fully saturated rings. The minimum absolute atomic E-state index is 0.0717. The maximum Gasteiger partial charge on any atom is 0.267 e. The van der Waals surface area contributed by atoms with Crippen molar-refractivity contribution in [2.24, 2.45) is 5.92 Å². The van der Waals surface area contributed by atoms with E-state index in [1.54, 1.807) is 18.2 Å². The highest BCUT2D eigenvalue weighted by Crippen LogP contribution is 2.22. The van der Waals surface area contributed by atoms with Crippen molar-refractivity contribution in [3.05, 3.63) is 56.4 Å². The molecule has 5 nitrogen and oxygen atoms in total. The van der Waals surface area contributed by atoms with Gasteiger partial charge in [-0.05, 0) is 55.0 Å². The Labute approximate surface area is 142 Å². The van der Waals surface area contributed by atoms with E-state index in [1.165, 1.54) is 4.68 Å². The minimum atomic E-state index is -0.258. The van der Waals surface area contributed by atoms with Gasteiger partial charge < -0.3 is 5.32 Å². The van der Waals surface area contributed by atoms with Crippen LogP contribution in [0.1, 0.15) is 24.6 Å². The van der Waals surface area contributed by atoms with Crippen molar-refractivity contribution in [1.29, 1.82) is 0 Å². The number of aryl methyl sites for hydroxylation is 1. The lowest BCUT2D eigenvalue weighted by Gasteiger charge is -2.20. The number of anilines is 1. The predicted molar refractivity (Wildman–Crippen MR) is 92.5 cm³/mol. The zero-order valence-corrected chi connectivity index (χ0v) is 14.5. The van der Waals surface area contributed by atoms with Crippen molar-refractivity contribution in [1.82, 2.24) is 9.78 Å². The van der Waals surface area contributed by atoms with Gasteiger partial charge >= 0.3 is 0 Å². The van der Waals surface area contributed by atoms with E-state index in [0.717, 1.165) is 35.0 Å². The van der Waals surface area contributed by atoms with Crippen LogP contribution in [0.5, 0.6) is 0 Å². The number of halogens is 1.